The van der Waals surface area contributed by atoms with Gasteiger partial charge in [-0.15, -0.1) is 0 Å². The SMILES string of the molecule is O=C(NC=C1CCCCC1)NC1CCS(=O)(=O)C1. The van der Waals surface area contributed by atoms with Crippen LogP contribution in [0, 0.1) is 0 Å². The van der Waals surface area contributed by atoms with E-state index in [1.165, 1.54) is 24.8 Å². The summed E-state index contributed by atoms with van der Waals surface area (Å²) >= 11 is 0. The first kappa shape index (κ1) is 13.4. The van der Waals surface area contributed by atoms with Crippen LogP contribution < -0.4 is 10.6 Å². The molecular formula is C12H20N2O3S. The molecule has 1 unspecified atom stereocenters. The molecule has 1 atom stereocenters. The largest absolute Gasteiger partial charge is 0.334 e. The monoisotopic (exact) mass is 272 g/mol. The van der Waals surface area contributed by atoms with Crippen molar-refractivity contribution in [1.82, 2.24) is 10.6 Å². The number of sulfone groups is 1. The van der Waals surface area contributed by atoms with Gasteiger partial charge in [0.1, 0.15) is 0 Å². The molecule has 1 saturated carbocycles. The van der Waals surface area contributed by atoms with E-state index in [0.717, 1.165) is 12.8 Å². The minimum Gasteiger partial charge on any atom is -0.334 e. The maximum absolute atomic E-state index is 11.6. The number of rotatable bonds is 2. The number of carbonyl (C=O) groups is 1. The standard InChI is InChI=1S/C12H20N2O3S/c15-12(13-8-10-4-2-1-3-5-10)14-11-6-7-18(16,17)9-11/h8,11H,1-7,9H2,(H2,13,14,15). The molecule has 1 aliphatic carbocycles. The van der Waals surface area contributed by atoms with Gasteiger partial charge < -0.3 is 10.6 Å². The molecule has 102 valence electrons. The normalized spacial score (nSPS) is 26.7. The summed E-state index contributed by atoms with van der Waals surface area (Å²) < 4.78 is 22.5. The Labute approximate surface area is 108 Å². The Bertz CT molecular complexity index is 434. The molecule has 0 aromatic carbocycles. The van der Waals surface area contributed by atoms with Gasteiger partial charge in [-0.3, -0.25) is 0 Å². The van der Waals surface area contributed by atoms with Crippen LogP contribution in [0.1, 0.15) is 38.5 Å². The summed E-state index contributed by atoms with van der Waals surface area (Å²) in [6.45, 7) is 0. The summed E-state index contributed by atoms with van der Waals surface area (Å²) in [6.07, 6.45) is 8.05. The van der Waals surface area contributed by atoms with Gasteiger partial charge in [-0.05, 0) is 32.1 Å². The number of urea groups is 1. The molecule has 2 amide bonds. The molecule has 0 bridgehead atoms. The van der Waals surface area contributed by atoms with Crippen LogP contribution in [-0.4, -0.2) is 32.0 Å². The van der Waals surface area contributed by atoms with Gasteiger partial charge in [-0.25, -0.2) is 13.2 Å². The Hall–Kier alpha value is -1.04. The Kier molecular flexibility index (Phi) is 4.27. The fourth-order valence-corrected chi connectivity index (χ4v) is 4.13. The molecule has 2 N–H and O–H groups in total. The maximum atomic E-state index is 11.6. The van der Waals surface area contributed by atoms with E-state index in [0.29, 0.717) is 6.42 Å². The van der Waals surface area contributed by atoms with Gasteiger partial charge in [0.2, 0.25) is 0 Å². The van der Waals surface area contributed by atoms with E-state index < -0.39 is 9.84 Å². The topological polar surface area (TPSA) is 75.3 Å². The second-order valence-electron chi connectivity index (χ2n) is 5.08. The lowest BCUT2D eigenvalue weighted by Gasteiger charge is -2.14. The van der Waals surface area contributed by atoms with Gasteiger partial charge in [-0.1, -0.05) is 12.0 Å². The van der Waals surface area contributed by atoms with Crippen molar-refractivity contribution in [3.05, 3.63) is 11.8 Å². The van der Waals surface area contributed by atoms with Crippen molar-refractivity contribution in [2.75, 3.05) is 11.5 Å². The molecule has 6 heteroatoms. The highest BCUT2D eigenvalue weighted by Gasteiger charge is 2.28. The van der Waals surface area contributed by atoms with Crippen molar-refractivity contribution >= 4 is 15.9 Å². The second-order valence-corrected chi connectivity index (χ2v) is 7.31. The van der Waals surface area contributed by atoms with E-state index in [9.17, 15) is 13.2 Å². The first-order chi connectivity index (χ1) is 8.55. The number of amides is 2. The summed E-state index contributed by atoms with van der Waals surface area (Å²) in [4.78, 5) is 11.6. The molecule has 2 aliphatic rings. The highest BCUT2D eigenvalue weighted by Crippen LogP contribution is 2.21. The minimum atomic E-state index is -2.93. The second kappa shape index (κ2) is 5.73. The van der Waals surface area contributed by atoms with Gasteiger partial charge in [0.05, 0.1) is 11.5 Å². The minimum absolute atomic E-state index is 0.0665. The van der Waals surface area contributed by atoms with Crippen molar-refractivity contribution < 1.29 is 13.2 Å². The zero-order chi connectivity index (χ0) is 13.0. The molecule has 5 nitrogen and oxygen atoms in total. The summed E-state index contributed by atoms with van der Waals surface area (Å²) in [5.41, 5.74) is 1.27. The highest BCUT2D eigenvalue weighted by atomic mass is 32.2. The lowest BCUT2D eigenvalue weighted by molar-refractivity contribution is 0.241. The summed E-state index contributed by atoms with van der Waals surface area (Å²) in [5, 5.41) is 5.40. The average molecular weight is 272 g/mol. The van der Waals surface area contributed by atoms with Crippen LogP contribution in [0.3, 0.4) is 0 Å². The third-order valence-corrected chi connectivity index (χ3v) is 5.24. The molecule has 18 heavy (non-hydrogen) atoms. The number of carbonyl (C=O) groups excluding carboxylic acids is 1. The fourth-order valence-electron chi connectivity index (χ4n) is 2.45. The molecule has 1 heterocycles. The Morgan fingerprint density at radius 3 is 2.56 bits per heavy atom. The fraction of sp³-hybridized carbons (Fsp3) is 0.750. The lowest BCUT2D eigenvalue weighted by Crippen LogP contribution is -2.40. The zero-order valence-electron chi connectivity index (χ0n) is 10.4. The molecule has 0 aromatic rings. The van der Waals surface area contributed by atoms with Crippen LogP contribution in [0.4, 0.5) is 4.79 Å². The number of nitrogens with one attached hydrogen (secondary N) is 2. The Morgan fingerprint density at radius 2 is 1.94 bits per heavy atom. The molecule has 1 aliphatic heterocycles. The van der Waals surface area contributed by atoms with Crippen molar-refractivity contribution in [3.8, 4) is 0 Å². The van der Waals surface area contributed by atoms with E-state index in [1.54, 1.807) is 6.20 Å². The van der Waals surface area contributed by atoms with E-state index >= 15 is 0 Å². The Morgan fingerprint density at radius 1 is 1.22 bits per heavy atom. The lowest BCUT2D eigenvalue weighted by atomic mass is 9.96. The first-order valence-electron chi connectivity index (χ1n) is 6.50. The van der Waals surface area contributed by atoms with Crippen LogP contribution in [0.5, 0.6) is 0 Å². The molecule has 1 saturated heterocycles. The molecule has 0 aromatic heterocycles. The van der Waals surface area contributed by atoms with Gasteiger partial charge >= 0.3 is 6.03 Å². The van der Waals surface area contributed by atoms with E-state index in [-0.39, 0.29) is 23.6 Å². The molecule has 0 radical (unpaired) electrons. The van der Waals surface area contributed by atoms with Crippen LogP contribution in [0.25, 0.3) is 0 Å². The number of allylic oxidation sites excluding steroid dienone is 1. The number of hydrogen-bond acceptors (Lipinski definition) is 3. The third kappa shape index (κ3) is 4.01. The number of hydrogen-bond donors (Lipinski definition) is 2. The zero-order valence-corrected chi connectivity index (χ0v) is 11.3. The highest BCUT2D eigenvalue weighted by molar-refractivity contribution is 7.91. The smallest absolute Gasteiger partial charge is 0.319 e. The molecule has 2 fully saturated rings. The summed E-state index contributed by atoms with van der Waals surface area (Å²) in [7, 11) is -2.93. The predicted octanol–water partition coefficient (Wildman–Crippen LogP) is 1.32. The van der Waals surface area contributed by atoms with Crippen LogP contribution in [0.15, 0.2) is 11.8 Å². The van der Waals surface area contributed by atoms with Gasteiger partial charge in [0.15, 0.2) is 9.84 Å². The maximum Gasteiger partial charge on any atom is 0.319 e. The van der Waals surface area contributed by atoms with Crippen molar-refractivity contribution in [2.45, 2.75) is 44.6 Å². The van der Waals surface area contributed by atoms with Crippen molar-refractivity contribution in [2.24, 2.45) is 0 Å². The van der Waals surface area contributed by atoms with Crippen molar-refractivity contribution in [3.63, 3.8) is 0 Å². The van der Waals surface area contributed by atoms with Gasteiger partial charge in [0.25, 0.3) is 0 Å². The van der Waals surface area contributed by atoms with E-state index in [1.807, 2.05) is 0 Å². The van der Waals surface area contributed by atoms with E-state index in [4.69, 9.17) is 0 Å². The third-order valence-electron chi connectivity index (χ3n) is 3.47. The average Bonchev–Trinajstić information content (AvgIpc) is 2.67. The van der Waals surface area contributed by atoms with Crippen LogP contribution >= 0.6 is 0 Å². The summed E-state index contributed by atoms with van der Waals surface area (Å²) in [6, 6.07) is -0.532. The van der Waals surface area contributed by atoms with Crippen molar-refractivity contribution in [1.29, 1.82) is 0 Å². The van der Waals surface area contributed by atoms with Crippen LogP contribution in [-0.2, 0) is 9.84 Å². The van der Waals surface area contributed by atoms with Gasteiger partial charge in [-0.2, -0.15) is 0 Å². The Balaban J connectivity index is 1.75. The quantitative estimate of drug-likeness (QED) is 0.796. The van der Waals surface area contributed by atoms with Crippen LogP contribution in [0.2, 0.25) is 0 Å². The van der Waals surface area contributed by atoms with Gasteiger partial charge in [0, 0.05) is 12.2 Å². The summed E-state index contributed by atoms with van der Waals surface area (Å²) in [5.74, 6) is 0.246. The molecule has 2 rings (SSSR count). The molecule has 0 spiro atoms. The first-order valence-corrected chi connectivity index (χ1v) is 8.33. The predicted molar refractivity (Wildman–Crippen MR) is 69.9 cm³/mol. The molecular weight excluding hydrogens is 252 g/mol. The van der Waals surface area contributed by atoms with E-state index in [2.05, 4.69) is 10.6 Å².